The van der Waals surface area contributed by atoms with Crippen molar-refractivity contribution in [2.75, 3.05) is 11.5 Å². The summed E-state index contributed by atoms with van der Waals surface area (Å²) in [6, 6.07) is 6.47. The van der Waals surface area contributed by atoms with Crippen LogP contribution in [0.15, 0.2) is 30.3 Å². The van der Waals surface area contributed by atoms with Crippen molar-refractivity contribution in [3.63, 3.8) is 0 Å². The van der Waals surface area contributed by atoms with E-state index in [1.807, 2.05) is 0 Å². The van der Waals surface area contributed by atoms with Crippen LogP contribution in [0.5, 0.6) is 0 Å². The van der Waals surface area contributed by atoms with Crippen molar-refractivity contribution in [2.24, 2.45) is 0 Å². The molecule has 23 heavy (non-hydrogen) atoms. The van der Waals surface area contributed by atoms with Gasteiger partial charge in [-0.3, -0.25) is 0 Å². The summed E-state index contributed by atoms with van der Waals surface area (Å²) in [6.07, 6.45) is 0. The Kier molecular flexibility index (Phi) is 6.79. The monoisotopic (exact) mass is 344 g/mol. The van der Waals surface area contributed by atoms with E-state index in [2.05, 4.69) is 0 Å². The Morgan fingerprint density at radius 2 is 1.35 bits per heavy atom. The average molecular weight is 344 g/mol. The fraction of sp³-hybridized carbons (Fsp3) is 0. The van der Waals surface area contributed by atoms with E-state index in [1.54, 1.807) is 0 Å². The van der Waals surface area contributed by atoms with E-state index in [0.29, 0.717) is 0 Å². The van der Waals surface area contributed by atoms with Crippen LogP contribution in [0, 0.1) is 11.6 Å². The summed E-state index contributed by atoms with van der Waals surface area (Å²) in [4.78, 5) is 0. The second kappa shape index (κ2) is 8.14. The second-order valence-electron chi connectivity index (χ2n) is 4.35. The predicted octanol–water partition coefficient (Wildman–Crippen LogP) is -1.17. The van der Waals surface area contributed by atoms with Gasteiger partial charge in [0.05, 0.1) is 5.02 Å². The van der Waals surface area contributed by atoms with Crippen molar-refractivity contribution in [3.05, 3.63) is 47.0 Å². The Bertz CT molecular complexity index is 672. The molecule has 0 bridgehead atoms. The average Bonchev–Trinajstić information content (AvgIpc) is 2.43. The number of rotatable bonds is 2. The number of hydrogen-bond acceptors (Lipinski definition) is 6. The zero-order valence-electron chi connectivity index (χ0n) is 11.6. The van der Waals surface area contributed by atoms with Gasteiger partial charge in [0.1, 0.15) is 11.6 Å². The lowest BCUT2D eigenvalue weighted by molar-refractivity contribution is 0.422. The van der Waals surface area contributed by atoms with E-state index in [0.717, 1.165) is 6.07 Å². The van der Waals surface area contributed by atoms with Crippen LogP contribution in [-0.4, -0.2) is 34.3 Å². The third-order valence-electron chi connectivity index (χ3n) is 2.77. The van der Waals surface area contributed by atoms with Crippen molar-refractivity contribution in [3.8, 4) is 0 Å². The van der Waals surface area contributed by atoms with Gasteiger partial charge in [-0.15, -0.1) is 0 Å². The normalized spacial score (nSPS) is 9.87. The molecule has 2 aromatic rings. The van der Waals surface area contributed by atoms with Gasteiger partial charge in [-0.2, -0.15) is 0 Å². The molecule has 0 unspecified atom stereocenters. The van der Waals surface area contributed by atoms with E-state index in [1.165, 1.54) is 24.3 Å². The first-order valence-corrected chi connectivity index (χ1v) is 6.54. The zero-order valence-corrected chi connectivity index (χ0v) is 12.4. The van der Waals surface area contributed by atoms with E-state index in [-0.39, 0.29) is 27.3 Å². The first-order valence-electron chi connectivity index (χ1n) is 6.16. The topological polar surface area (TPSA) is 133 Å². The van der Waals surface area contributed by atoms with Crippen molar-refractivity contribution in [2.45, 2.75) is 0 Å². The first-order chi connectivity index (χ1) is 10.7. The fourth-order valence-electron chi connectivity index (χ4n) is 1.67. The molecule has 0 aliphatic heterocycles. The minimum Gasteiger partial charge on any atom is -0.423 e. The molecular formula is C12H13B2ClF2N2O4. The molecule has 8 N–H and O–H groups in total. The summed E-state index contributed by atoms with van der Waals surface area (Å²) >= 11 is 5.38. The Balaban J connectivity index is 0.000000231. The SMILES string of the molecule is Nc1ccc(Cl)c(F)c1B(O)O.Nc1cccc(F)c1B(O)O. The summed E-state index contributed by atoms with van der Waals surface area (Å²) in [5.74, 6) is -1.60. The largest absolute Gasteiger partial charge is 0.493 e. The van der Waals surface area contributed by atoms with E-state index in [4.69, 9.17) is 43.2 Å². The Morgan fingerprint density at radius 1 is 0.826 bits per heavy atom. The van der Waals surface area contributed by atoms with Crippen LogP contribution in [0.1, 0.15) is 0 Å². The molecule has 0 heterocycles. The quantitative estimate of drug-likeness (QED) is 0.300. The molecular weight excluding hydrogens is 331 g/mol. The Labute approximate surface area is 136 Å². The molecule has 11 heteroatoms. The van der Waals surface area contributed by atoms with Crippen LogP contribution >= 0.6 is 11.6 Å². The third kappa shape index (κ3) is 4.81. The predicted molar refractivity (Wildman–Crippen MR) is 86.3 cm³/mol. The van der Waals surface area contributed by atoms with Crippen LogP contribution in [0.4, 0.5) is 20.2 Å². The second-order valence-corrected chi connectivity index (χ2v) is 4.76. The molecule has 0 aromatic heterocycles. The minimum atomic E-state index is -1.94. The van der Waals surface area contributed by atoms with E-state index < -0.39 is 25.9 Å². The maximum Gasteiger partial charge on any atom is 0.493 e. The lowest BCUT2D eigenvalue weighted by atomic mass is 9.78. The highest BCUT2D eigenvalue weighted by Gasteiger charge is 2.21. The maximum absolute atomic E-state index is 13.0. The minimum absolute atomic E-state index is 0.0353. The molecule has 0 atom stereocenters. The molecule has 0 fully saturated rings. The van der Waals surface area contributed by atoms with Gasteiger partial charge in [-0.05, 0) is 24.3 Å². The number of halogens is 3. The summed E-state index contributed by atoms with van der Waals surface area (Å²) in [5, 5.41) is 34.4. The Hall–Kier alpha value is -1.84. The Morgan fingerprint density at radius 3 is 1.74 bits per heavy atom. The number of nitrogens with two attached hydrogens (primary N) is 2. The summed E-state index contributed by atoms with van der Waals surface area (Å²) in [7, 11) is -3.79. The lowest BCUT2D eigenvalue weighted by Gasteiger charge is -2.06. The number of hydrogen-bond donors (Lipinski definition) is 6. The molecule has 6 nitrogen and oxygen atoms in total. The van der Waals surface area contributed by atoms with Gasteiger partial charge >= 0.3 is 14.2 Å². The van der Waals surface area contributed by atoms with Crippen molar-refractivity contribution >= 4 is 48.1 Å². The van der Waals surface area contributed by atoms with Crippen LogP contribution in [0.25, 0.3) is 0 Å². The number of nitrogen functional groups attached to an aromatic ring is 2. The van der Waals surface area contributed by atoms with Crippen molar-refractivity contribution < 1.29 is 28.9 Å². The molecule has 0 aliphatic carbocycles. The smallest absolute Gasteiger partial charge is 0.423 e. The van der Waals surface area contributed by atoms with E-state index >= 15 is 0 Å². The number of anilines is 2. The highest BCUT2D eigenvalue weighted by molar-refractivity contribution is 6.61. The van der Waals surface area contributed by atoms with Crippen molar-refractivity contribution in [1.82, 2.24) is 0 Å². The molecule has 0 amide bonds. The molecule has 122 valence electrons. The van der Waals surface area contributed by atoms with Crippen LogP contribution in [-0.2, 0) is 0 Å². The molecule has 0 spiro atoms. The highest BCUT2D eigenvalue weighted by Crippen LogP contribution is 2.15. The van der Waals surface area contributed by atoms with Crippen LogP contribution in [0.2, 0.25) is 5.02 Å². The molecule has 2 aromatic carbocycles. The van der Waals surface area contributed by atoms with Gasteiger partial charge in [0.15, 0.2) is 0 Å². The zero-order chi connectivity index (χ0) is 17.7. The standard InChI is InChI=1S/C6H6BClFNO2.C6H7BFNO2/c8-3-1-2-4(10)5(6(3)9)7(11)12;8-4-2-1-3-5(9)6(4)7(10)11/h1-2,11-12H,10H2;1-3,10-11H,9H2. The van der Waals surface area contributed by atoms with Crippen LogP contribution < -0.4 is 22.4 Å². The third-order valence-corrected chi connectivity index (χ3v) is 3.06. The van der Waals surface area contributed by atoms with Gasteiger partial charge < -0.3 is 31.6 Å². The first kappa shape index (κ1) is 19.2. The molecule has 0 saturated heterocycles. The maximum atomic E-state index is 13.0. The summed E-state index contributed by atoms with van der Waals surface area (Å²) < 4.78 is 25.7. The molecule has 2 rings (SSSR count). The highest BCUT2D eigenvalue weighted by atomic mass is 35.5. The lowest BCUT2D eigenvalue weighted by Crippen LogP contribution is -2.35. The van der Waals surface area contributed by atoms with Gasteiger partial charge in [-0.1, -0.05) is 17.7 Å². The van der Waals surface area contributed by atoms with Gasteiger partial charge in [0.25, 0.3) is 0 Å². The molecule has 0 radical (unpaired) electrons. The fourth-order valence-corrected chi connectivity index (χ4v) is 1.83. The summed E-state index contributed by atoms with van der Waals surface area (Å²) in [6.45, 7) is 0. The van der Waals surface area contributed by atoms with Crippen LogP contribution in [0.3, 0.4) is 0 Å². The summed E-state index contributed by atoms with van der Waals surface area (Å²) in [5.41, 5.74) is 9.88. The number of benzene rings is 2. The molecule has 0 aliphatic rings. The van der Waals surface area contributed by atoms with Crippen molar-refractivity contribution in [1.29, 1.82) is 0 Å². The molecule has 0 saturated carbocycles. The van der Waals surface area contributed by atoms with Gasteiger partial charge in [-0.25, -0.2) is 8.78 Å². The van der Waals surface area contributed by atoms with E-state index in [9.17, 15) is 8.78 Å². The van der Waals surface area contributed by atoms with Gasteiger partial charge in [0.2, 0.25) is 0 Å². The van der Waals surface area contributed by atoms with Gasteiger partial charge in [0, 0.05) is 22.3 Å².